The Morgan fingerprint density at radius 2 is 2.27 bits per heavy atom. The summed E-state index contributed by atoms with van der Waals surface area (Å²) in [6, 6.07) is 5.22. The number of aliphatic hydroxyl groups is 1. The van der Waals surface area contributed by atoms with E-state index in [9.17, 15) is 9.90 Å². The SMILES string of the molecule is O=C1CC(O)CN1c1ccc(Cl)cc1Br. The third-order valence-electron chi connectivity index (χ3n) is 2.31. The Hall–Kier alpha value is -0.580. The Morgan fingerprint density at radius 1 is 1.53 bits per heavy atom. The normalized spacial score (nSPS) is 21.1. The van der Waals surface area contributed by atoms with Gasteiger partial charge in [-0.3, -0.25) is 4.79 Å². The van der Waals surface area contributed by atoms with E-state index in [1.807, 2.05) is 0 Å². The van der Waals surface area contributed by atoms with Gasteiger partial charge in [0, 0.05) is 9.50 Å². The van der Waals surface area contributed by atoms with Gasteiger partial charge in [-0.15, -0.1) is 0 Å². The fourth-order valence-corrected chi connectivity index (χ4v) is 2.52. The largest absolute Gasteiger partial charge is 0.391 e. The summed E-state index contributed by atoms with van der Waals surface area (Å²) in [5, 5.41) is 9.98. The highest BCUT2D eigenvalue weighted by atomic mass is 79.9. The summed E-state index contributed by atoms with van der Waals surface area (Å²) in [5.74, 6) is -0.0643. The van der Waals surface area contributed by atoms with E-state index >= 15 is 0 Å². The van der Waals surface area contributed by atoms with Crippen LogP contribution in [-0.4, -0.2) is 23.7 Å². The molecular formula is C10H9BrClNO2. The number of carbonyl (C=O) groups is 1. The van der Waals surface area contributed by atoms with Crippen LogP contribution in [0.15, 0.2) is 22.7 Å². The zero-order valence-electron chi connectivity index (χ0n) is 7.78. The van der Waals surface area contributed by atoms with Crippen LogP contribution >= 0.6 is 27.5 Å². The van der Waals surface area contributed by atoms with Crippen molar-refractivity contribution in [1.29, 1.82) is 0 Å². The van der Waals surface area contributed by atoms with Crippen LogP contribution in [0.4, 0.5) is 5.69 Å². The summed E-state index contributed by atoms with van der Waals surface area (Å²) in [7, 11) is 0. The van der Waals surface area contributed by atoms with Crippen LogP contribution in [-0.2, 0) is 4.79 Å². The van der Waals surface area contributed by atoms with Gasteiger partial charge >= 0.3 is 0 Å². The van der Waals surface area contributed by atoms with Crippen molar-refractivity contribution in [3.63, 3.8) is 0 Å². The van der Waals surface area contributed by atoms with E-state index in [4.69, 9.17) is 11.6 Å². The molecule has 15 heavy (non-hydrogen) atoms. The number of benzene rings is 1. The first-order valence-corrected chi connectivity index (χ1v) is 5.68. The molecule has 1 fully saturated rings. The maximum atomic E-state index is 11.5. The molecule has 5 heteroatoms. The van der Waals surface area contributed by atoms with Crippen molar-refractivity contribution < 1.29 is 9.90 Å². The lowest BCUT2D eigenvalue weighted by molar-refractivity contribution is -0.117. The molecule has 2 rings (SSSR count). The molecule has 0 saturated carbocycles. The molecule has 1 heterocycles. The molecule has 1 unspecified atom stereocenters. The van der Waals surface area contributed by atoms with Gasteiger partial charge in [0.15, 0.2) is 0 Å². The smallest absolute Gasteiger partial charge is 0.229 e. The van der Waals surface area contributed by atoms with Crippen LogP contribution in [0.25, 0.3) is 0 Å². The molecule has 1 aliphatic rings. The first-order valence-electron chi connectivity index (χ1n) is 4.51. The van der Waals surface area contributed by atoms with E-state index in [0.717, 1.165) is 10.2 Å². The predicted molar refractivity (Wildman–Crippen MR) is 62.1 cm³/mol. The fraction of sp³-hybridized carbons (Fsp3) is 0.300. The highest BCUT2D eigenvalue weighted by Crippen LogP contribution is 2.31. The monoisotopic (exact) mass is 289 g/mol. The van der Waals surface area contributed by atoms with E-state index in [2.05, 4.69) is 15.9 Å². The molecular weight excluding hydrogens is 281 g/mol. The standard InChI is InChI=1S/C10H9BrClNO2/c11-8-3-6(12)1-2-9(8)13-5-7(14)4-10(13)15/h1-3,7,14H,4-5H2. The summed E-state index contributed by atoms with van der Waals surface area (Å²) in [6.45, 7) is 0.346. The Bertz CT molecular complexity index is 410. The van der Waals surface area contributed by atoms with Crippen molar-refractivity contribution >= 4 is 39.1 Å². The van der Waals surface area contributed by atoms with Crippen LogP contribution in [0.3, 0.4) is 0 Å². The van der Waals surface area contributed by atoms with Crippen LogP contribution in [0.2, 0.25) is 5.02 Å². The highest BCUT2D eigenvalue weighted by molar-refractivity contribution is 9.10. The number of hydrogen-bond donors (Lipinski definition) is 1. The van der Waals surface area contributed by atoms with Crippen molar-refractivity contribution in [2.24, 2.45) is 0 Å². The molecule has 0 aliphatic carbocycles. The molecule has 1 amide bonds. The van der Waals surface area contributed by atoms with Crippen molar-refractivity contribution in [2.45, 2.75) is 12.5 Å². The quantitative estimate of drug-likeness (QED) is 0.861. The molecule has 0 radical (unpaired) electrons. The number of carbonyl (C=O) groups excluding carboxylic acids is 1. The molecule has 0 spiro atoms. The lowest BCUT2D eigenvalue weighted by Crippen LogP contribution is -2.25. The summed E-state index contributed by atoms with van der Waals surface area (Å²) < 4.78 is 0.762. The molecule has 1 aromatic carbocycles. The second-order valence-corrected chi connectivity index (χ2v) is 4.75. The Balaban J connectivity index is 2.34. The molecule has 0 aromatic heterocycles. The number of hydrogen-bond acceptors (Lipinski definition) is 2. The Kier molecular flexibility index (Phi) is 3.00. The van der Waals surface area contributed by atoms with Crippen molar-refractivity contribution in [3.8, 4) is 0 Å². The average Bonchev–Trinajstić information content (AvgIpc) is 2.45. The number of anilines is 1. The number of halogens is 2. The van der Waals surface area contributed by atoms with E-state index in [0.29, 0.717) is 11.6 Å². The van der Waals surface area contributed by atoms with E-state index in [-0.39, 0.29) is 12.3 Å². The predicted octanol–water partition coefficient (Wildman–Crippen LogP) is 2.20. The minimum absolute atomic E-state index is 0.0643. The van der Waals surface area contributed by atoms with Gasteiger partial charge in [0.2, 0.25) is 5.91 Å². The van der Waals surface area contributed by atoms with Crippen LogP contribution in [0.1, 0.15) is 6.42 Å². The van der Waals surface area contributed by atoms with Crippen LogP contribution in [0, 0.1) is 0 Å². The molecule has 1 aliphatic heterocycles. The minimum Gasteiger partial charge on any atom is -0.391 e. The van der Waals surface area contributed by atoms with E-state index in [1.54, 1.807) is 23.1 Å². The summed E-state index contributed by atoms with van der Waals surface area (Å²) in [5.41, 5.74) is 0.751. The lowest BCUT2D eigenvalue weighted by Gasteiger charge is -2.17. The van der Waals surface area contributed by atoms with Crippen molar-refractivity contribution in [1.82, 2.24) is 0 Å². The van der Waals surface area contributed by atoms with Gasteiger partial charge in [-0.1, -0.05) is 11.6 Å². The topological polar surface area (TPSA) is 40.5 Å². The van der Waals surface area contributed by atoms with Crippen LogP contribution < -0.4 is 4.90 Å². The van der Waals surface area contributed by atoms with Crippen LogP contribution in [0.5, 0.6) is 0 Å². The number of nitrogens with zero attached hydrogens (tertiary/aromatic N) is 1. The maximum Gasteiger partial charge on any atom is 0.229 e. The molecule has 0 bridgehead atoms. The first kappa shape index (κ1) is 10.9. The third-order valence-corrected chi connectivity index (χ3v) is 3.18. The van der Waals surface area contributed by atoms with Gasteiger partial charge in [0.05, 0.1) is 24.8 Å². The zero-order valence-corrected chi connectivity index (χ0v) is 10.1. The fourth-order valence-electron chi connectivity index (χ4n) is 1.62. The summed E-state index contributed by atoms with van der Waals surface area (Å²) in [6.07, 6.45) is -0.380. The number of β-amino-alcohol motifs (C(OH)–C–C–N with tert-alkyl or cyclic N) is 1. The number of rotatable bonds is 1. The van der Waals surface area contributed by atoms with Gasteiger partial charge in [0.1, 0.15) is 0 Å². The Morgan fingerprint density at radius 3 is 2.80 bits per heavy atom. The second kappa shape index (κ2) is 4.12. The highest BCUT2D eigenvalue weighted by Gasteiger charge is 2.30. The van der Waals surface area contributed by atoms with Gasteiger partial charge in [-0.2, -0.15) is 0 Å². The van der Waals surface area contributed by atoms with Gasteiger partial charge in [-0.25, -0.2) is 0 Å². The minimum atomic E-state index is -0.569. The maximum absolute atomic E-state index is 11.5. The van der Waals surface area contributed by atoms with E-state index < -0.39 is 6.10 Å². The number of aliphatic hydroxyl groups excluding tert-OH is 1. The Labute approximate surface area is 101 Å². The van der Waals surface area contributed by atoms with Gasteiger partial charge in [-0.05, 0) is 34.1 Å². The molecule has 1 saturated heterocycles. The van der Waals surface area contributed by atoms with E-state index in [1.165, 1.54) is 0 Å². The average molecular weight is 291 g/mol. The van der Waals surface area contributed by atoms with Gasteiger partial charge < -0.3 is 10.0 Å². The molecule has 80 valence electrons. The third kappa shape index (κ3) is 2.17. The molecule has 1 atom stereocenters. The first-order chi connectivity index (χ1) is 7.08. The molecule has 1 aromatic rings. The van der Waals surface area contributed by atoms with Crippen molar-refractivity contribution in [2.75, 3.05) is 11.4 Å². The van der Waals surface area contributed by atoms with Crippen molar-refractivity contribution in [3.05, 3.63) is 27.7 Å². The molecule has 3 nitrogen and oxygen atoms in total. The lowest BCUT2D eigenvalue weighted by atomic mass is 10.3. The molecule has 1 N–H and O–H groups in total. The summed E-state index contributed by atoms with van der Waals surface area (Å²) in [4.78, 5) is 13.1. The second-order valence-electron chi connectivity index (χ2n) is 3.46. The number of amides is 1. The summed E-state index contributed by atoms with van der Waals surface area (Å²) >= 11 is 9.15. The zero-order chi connectivity index (χ0) is 11.0. The van der Waals surface area contributed by atoms with Gasteiger partial charge in [0.25, 0.3) is 0 Å².